The molecule has 0 aliphatic carbocycles. The molecule has 248 valence electrons. The van der Waals surface area contributed by atoms with Crippen LogP contribution in [0.5, 0.6) is 5.75 Å². The van der Waals surface area contributed by atoms with Crippen LogP contribution in [0.15, 0.2) is 126 Å². The highest BCUT2D eigenvalue weighted by molar-refractivity contribution is 8.00. The van der Waals surface area contributed by atoms with Gasteiger partial charge in [0.1, 0.15) is 22.5 Å². The highest BCUT2D eigenvalue weighted by Gasteiger charge is 2.24. The summed E-state index contributed by atoms with van der Waals surface area (Å²) in [6.45, 7) is 1.83. The fraction of sp³-hybridized carbons (Fsp3) is 0.0789. The summed E-state index contributed by atoms with van der Waals surface area (Å²) in [6, 6.07) is 32.0. The third-order valence-corrected chi connectivity index (χ3v) is 9.23. The first-order valence-electron chi connectivity index (χ1n) is 14.9. The van der Waals surface area contributed by atoms with E-state index in [-0.39, 0.29) is 22.2 Å². The van der Waals surface area contributed by atoms with E-state index < -0.39 is 22.9 Å². The normalized spacial score (nSPS) is 11.7. The van der Waals surface area contributed by atoms with Gasteiger partial charge >= 0.3 is 0 Å². The lowest BCUT2D eigenvalue weighted by atomic mass is 10.1. The number of halogens is 3. The molecule has 5 rings (SSSR count). The molecule has 7 nitrogen and oxygen atoms in total. The van der Waals surface area contributed by atoms with Gasteiger partial charge in [0.25, 0.3) is 11.8 Å². The molecule has 0 spiro atoms. The third-order valence-electron chi connectivity index (χ3n) is 7.24. The zero-order chi connectivity index (χ0) is 34.9. The maximum atomic E-state index is 14.7. The van der Waals surface area contributed by atoms with E-state index in [2.05, 4.69) is 16.0 Å². The summed E-state index contributed by atoms with van der Waals surface area (Å²) >= 11 is 13.8. The second kappa shape index (κ2) is 16.3. The predicted octanol–water partition coefficient (Wildman–Crippen LogP) is 9.33. The van der Waals surface area contributed by atoms with Crippen molar-refractivity contribution in [2.24, 2.45) is 0 Å². The number of methoxy groups -OCH3 is 1. The summed E-state index contributed by atoms with van der Waals surface area (Å²) in [5, 5.41) is 8.21. The SMILES string of the molecule is COc1cc(Cl)c(C)cc1NC(=O)C(Sc1cccc(NC(=O)/C(=C\c2c(F)cccc2Cl)NC(=O)c2ccccc2)c1)c1ccccc1. The zero-order valence-corrected chi connectivity index (χ0v) is 28.6. The molecule has 0 saturated carbocycles. The summed E-state index contributed by atoms with van der Waals surface area (Å²) < 4.78 is 20.2. The molecule has 0 aliphatic heterocycles. The number of rotatable bonds is 11. The number of ether oxygens (including phenoxy) is 1. The molecule has 49 heavy (non-hydrogen) atoms. The van der Waals surface area contributed by atoms with Crippen LogP contribution in [0, 0.1) is 12.7 Å². The monoisotopic (exact) mass is 713 g/mol. The van der Waals surface area contributed by atoms with E-state index >= 15 is 0 Å². The number of carbonyl (C=O) groups excluding carboxylic acids is 3. The van der Waals surface area contributed by atoms with Gasteiger partial charge in [0.05, 0.1) is 17.8 Å². The van der Waals surface area contributed by atoms with Crippen LogP contribution in [0.1, 0.15) is 32.3 Å². The van der Waals surface area contributed by atoms with Crippen molar-refractivity contribution >= 4 is 70.1 Å². The maximum Gasteiger partial charge on any atom is 0.272 e. The number of nitrogens with one attached hydrogen (secondary N) is 3. The molecule has 0 heterocycles. The quantitative estimate of drug-likeness (QED) is 0.0937. The molecule has 0 aromatic heterocycles. The third kappa shape index (κ3) is 9.08. The first-order valence-corrected chi connectivity index (χ1v) is 16.6. The van der Waals surface area contributed by atoms with Crippen molar-refractivity contribution in [3.05, 3.63) is 159 Å². The van der Waals surface area contributed by atoms with Crippen molar-refractivity contribution in [2.45, 2.75) is 17.1 Å². The highest BCUT2D eigenvalue weighted by Crippen LogP contribution is 2.39. The van der Waals surface area contributed by atoms with Gasteiger partial charge in [0, 0.05) is 32.8 Å². The van der Waals surface area contributed by atoms with Crippen molar-refractivity contribution in [3.63, 3.8) is 0 Å². The molecule has 0 saturated heterocycles. The van der Waals surface area contributed by atoms with E-state index in [1.165, 1.54) is 43.1 Å². The summed E-state index contributed by atoms with van der Waals surface area (Å²) in [5.74, 6) is -1.83. The minimum Gasteiger partial charge on any atom is -0.495 e. The molecular weight excluding hydrogens is 684 g/mol. The molecule has 0 bridgehead atoms. The van der Waals surface area contributed by atoms with Crippen molar-refractivity contribution in [3.8, 4) is 5.75 Å². The first-order chi connectivity index (χ1) is 23.6. The average Bonchev–Trinajstić information content (AvgIpc) is 3.10. The molecule has 0 radical (unpaired) electrons. The minimum atomic E-state index is -0.715. The molecule has 1 atom stereocenters. The van der Waals surface area contributed by atoms with Crippen LogP contribution in [-0.2, 0) is 9.59 Å². The minimum absolute atomic E-state index is 0.0591. The van der Waals surface area contributed by atoms with Crippen LogP contribution in [0.2, 0.25) is 10.0 Å². The van der Waals surface area contributed by atoms with Crippen molar-refractivity contribution in [1.29, 1.82) is 0 Å². The Labute approximate surface area is 297 Å². The number of carbonyl (C=O) groups is 3. The largest absolute Gasteiger partial charge is 0.495 e. The van der Waals surface area contributed by atoms with Crippen molar-refractivity contribution < 1.29 is 23.5 Å². The van der Waals surface area contributed by atoms with Crippen LogP contribution < -0.4 is 20.7 Å². The number of amides is 3. The maximum absolute atomic E-state index is 14.7. The smallest absolute Gasteiger partial charge is 0.272 e. The summed E-state index contributed by atoms with van der Waals surface area (Å²) in [6.07, 6.45) is 1.19. The van der Waals surface area contributed by atoms with Crippen LogP contribution in [-0.4, -0.2) is 24.8 Å². The van der Waals surface area contributed by atoms with Gasteiger partial charge in [-0.15, -0.1) is 11.8 Å². The molecule has 5 aromatic rings. The Balaban J connectivity index is 1.41. The van der Waals surface area contributed by atoms with Gasteiger partial charge in [-0.1, -0.05) is 83.9 Å². The second-order valence-electron chi connectivity index (χ2n) is 10.7. The van der Waals surface area contributed by atoms with Gasteiger partial charge in [0.2, 0.25) is 5.91 Å². The van der Waals surface area contributed by atoms with Crippen molar-refractivity contribution in [1.82, 2.24) is 5.32 Å². The van der Waals surface area contributed by atoms with E-state index in [0.29, 0.717) is 32.6 Å². The molecular formula is C38H30Cl2FN3O4S. The molecule has 3 amide bonds. The zero-order valence-electron chi connectivity index (χ0n) is 26.3. The van der Waals surface area contributed by atoms with Crippen molar-refractivity contribution in [2.75, 3.05) is 17.7 Å². The molecule has 3 N–H and O–H groups in total. The van der Waals surface area contributed by atoms with Crippen LogP contribution in [0.3, 0.4) is 0 Å². The standard InChI is InChI=1S/C38H30Cl2FN3O4S/c1-23-19-32(34(48-2)22-30(23)40)43-38(47)35(24-11-5-3-6-12-24)49-27-16-9-15-26(20-27)42-37(46)33(21-28-29(39)17-10-18-31(28)41)44-36(45)25-13-7-4-8-14-25/h3-22,35H,1-2H3,(H,42,46)(H,43,47)(H,44,45)/b33-21+. The van der Waals surface area contributed by atoms with E-state index in [1.807, 2.05) is 43.3 Å². The average molecular weight is 715 g/mol. The van der Waals surface area contributed by atoms with Gasteiger partial charge in [-0.2, -0.15) is 0 Å². The van der Waals surface area contributed by atoms with E-state index in [1.54, 1.807) is 60.7 Å². The summed E-state index contributed by atoms with van der Waals surface area (Å²) in [4.78, 5) is 41.1. The summed E-state index contributed by atoms with van der Waals surface area (Å²) in [5.41, 5.74) is 2.38. The van der Waals surface area contributed by atoms with E-state index in [9.17, 15) is 18.8 Å². The molecule has 0 fully saturated rings. The van der Waals surface area contributed by atoms with Crippen LogP contribution >= 0.6 is 35.0 Å². The topological polar surface area (TPSA) is 96.5 Å². The molecule has 1 unspecified atom stereocenters. The molecule has 5 aromatic carbocycles. The van der Waals surface area contributed by atoms with E-state index in [4.69, 9.17) is 27.9 Å². The lowest BCUT2D eigenvalue weighted by Crippen LogP contribution is -2.30. The second-order valence-corrected chi connectivity index (χ2v) is 12.7. The molecule has 11 heteroatoms. The van der Waals surface area contributed by atoms with Gasteiger partial charge in [-0.3, -0.25) is 14.4 Å². The van der Waals surface area contributed by atoms with Crippen LogP contribution in [0.4, 0.5) is 15.8 Å². The Morgan fingerprint density at radius 1 is 0.816 bits per heavy atom. The fourth-order valence-corrected chi connectivity index (χ4v) is 6.20. The Morgan fingerprint density at radius 3 is 2.20 bits per heavy atom. The lowest BCUT2D eigenvalue weighted by molar-refractivity contribution is -0.116. The fourth-order valence-electron chi connectivity index (χ4n) is 4.75. The summed E-state index contributed by atoms with van der Waals surface area (Å²) in [7, 11) is 1.50. The number of anilines is 2. The van der Waals surface area contributed by atoms with Gasteiger partial charge < -0.3 is 20.7 Å². The number of hydrogen-bond donors (Lipinski definition) is 3. The number of benzene rings is 5. The Hall–Kier alpha value is -5.09. The van der Waals surface area contributed by atoms with E-state index in [0.717, 1.165) is 11.1 Å². The van der Waals surface area contributed by atoms with Gasteiger partial charge in [0.15, 0.2) is 0 Å². The van der Waals surface area contributed by atoms with Gasteiger partial charge in [-0.25, -0.2) is 4.39 Å². The Morgan fingerprint density at radius 2 is 1.51 bits per heavy atom. The lowest BCUT2D eigenvalue weighted by Gasteiger charge is -2.19. The Kier molecular flexibility index (Phi) is 11.7. The Bertz CT molecular complexity index is 2010. The highest BCUT2D eigenvalue weighted by atomic mass is 35.5. The van der Waals surface area contributed by atoms with Crippen LogP contribution in [0.25, 0.3) is 6.08 Å². The molecule has 0 aliphatic rings. The number of hydrogen-bond acceptors (Lipinski definition) is 5. The first kappa shape index (κ1) is 35.2. The number of thioether (sulfide) groups is 1. The van der Waals surface area contributed by atoms with Gasteiger partial charge in [-0.05, 0) is 72.7 Å². The number of aryl methyl sites for hydroxylation is 1. The predicted molar refractivity (Wildman–Crippen MR) is 195 cm³/mol.